The van der Waals surface area contributed by atoms with Gasteiger partial charge in [-0.15, -0.1) is 0 Å². The second kappa shape index (κ2) is 4.33. The van der Waals surface area contributed by atoms with E-state index in [0.29, 0.717) is 16.9 Å². The van der Waals surface area contributed by atoms with Gasteiger partial charge in [-0.2, -0.15) is 13.2 Å². The van der Waals surface area contributed by atoms with Crippen LogP contribution in [0.3, 0.4) is 0 Å². The molecule has 90 valence electrons. The van der Waals surface area contributed by atoms with Gasteiger partial charge in [-0.3, -0.25) is 0 Å². The molecule has 0 aliphatic carbocycles. The Morgan fingerprint density at radius 1 is 1.19 bits per heavy atom. The fourth-order valence-electron chi connectivity index (χ4n) is 1.54. The highest BCUT2D eigenvalue weighted by Crippen LogP contribution is 2.34. The van der Waals surface area contributed by atoms with Crippen molar-refractivity contribution in [2.45, 2.75) is 26.1 Å². The van der Waals surface area contributed by atoms with E-state index in [1.165, 1.54) is 13.2 Å². The molecule has 16 heavy (non-hydrogen) atoms. The second-order valence-electron chi connectivity index (χ2n) is 3.70. The van der Waals surface area contributed by atoms with E-state index in [0.717, 1.165) is 0 Å². The Hall–Kier alpha value is -1.23. The maximum absolute atomic E-state index is 12.5. The summed E-state index contributed by atoms with van der Waals surface area (Å²) in [4.78, 5) is 0. The molecule has 0 aromatic heterocycles. The van der Waals surface area contributed by atoms with Crippen molar-refractivity contribution in [3.63, 3.8) is 0 Å². The third-order valence-electron chi connectivity index (χ3n) is 2.47. The van der Waals surface area contributed by atoms with Crippen molar-refractivity contribution in [1.82, 2.24) is 0 Å². The van der Waals surface area contributed by atoms with Gasteiger partial charge in [-0.25, -0.2) is 0 Å². The highest BCUT2D eigenvalue weighted by molar-refractivity contribution is 5.43. The van der Waals surface area contributed by atoms with Crippen LogP contribution in [-0.2, 0) is 0 Å². The third-order valence-corrected chi connectivity index (χ3v) is 2.47. The fraction of sp³-hybridized carbons (Fsp3) is 0.455. The van der Waals surface area contributed by atoms with E-state index in [2.05, 4.69) is 0 Å². The molecule has 0 spiro atoms. The van der Waals surface area contributed by atoms with Crippen LogP contribution in [0.1, 0.15) is 22.7 Å². The van der Waals surface area contributed by atoms with Crippen LogP contribution >= 0.6 is 0 Å². The third kappa shape index (κ3) is 2.47. The maximum atomic E-state index is 12.5. The topological polar surface area (TPSA) is 35.2 Å². The Balaban J connectivity index is 3.21. The van der Waals surface area contributed by atoms with E-state index < -0.39 is 12.2 Å². The first kappa shape index (κ1) is 12.8. The minimum Gasteiger partial charge on any atom is -0.496 e. The maximum Gasteiger partial charge on any atom is 0.407 e. The summed E-state index contributed by atoms with van der Waals surface area (Å²) >= 11 is 0. The van der Waals surface area contributed by atoms with Crippen molar-refractivity contribution >= 4 is 0 Å². The summed E-state index contributed by atoms with van der Waals surface area (Å²) in [5.41, 5.74) is 6.38. The first-order valence-electron chi connectivity index (χ1n) is 4.74. The summed E-state index contributed by atoms with van der Waals surface area (Å²) in [5.74, 6) is 0.565. The van der Waals surface area contributed by atoms with E-state index in [4.69, 9.17) is 10.5 Å². The van der Waals surface area contributed by atoms with Crippen LogP contribution < -0.4 is 10.5 Å². The first-order chi connectivity index (χ1) is 7.27. The Labute approximate surface area is 92.2 Å². The summed E-state index contributed by atoms with van der Waals surface area (Å²) < 4.78 is 42.4. The minimum absolute atomic E-state index is 0.0887. The van der Waals surface area contributed by atoms with Crippen molar-refractivity contribution in [3.05, 3.63) is 28.8 Å². The van der Waals surface area contributed by atoms with E-state index in [9.17, 15) is 13.2 Å². The Kier molecular flexibility index (Phi) is 3.48. The molecule has 0 bridgehead atoms. The van der Waals surface area contributed by atoms with Crippen molar-refractivity contribution in [3.8, 4) is 5.75 Å². The van der Waals surface area contributed by atoms with Gasteiger partial charge in [-0.1, -0.05) is 6.07 Å². The molecule has 0 saturated carbocycles. The molecule has 2 nitrogen and oxygen atoms in total. The Bertz CT molecular complexity index is 388. The summed E-state index contributed by atoms with van der Waals surface area (Å²) in [7, 11) is 1.48. The first-order valence-corrected chi connectivity index (χ1v) is 4.74. The predicted octanol–water partition coefficient (Wildman–Crippen LogP) is 2.87. The van der Waals surface area contributed by atoms with Gasteiger partial charge in [-0.05, 0) is 36.6 Å². The van der Waals surface area contributed by atoms with Crippen LogP contribution in [-0.4, -0.2) is 13.3 Å². The number of hydrogen-bond acceptors (Lipinski definition) is 2. The lowest BCUT2D eigenvalue weighted by Gasteiger charge is -2.19. The van der Waals surface area contributed by atoms with E-state index >= 15 is 0 Å². The average molecular weight is 233 g/mol. The number of methoxy groups -OCH3 is 1. The number of rotatable bonds is 2. The minimum atomic E-state index is -4.42. The molecule has 0 unspecified atom stereocenters. The zero-order chi connectivity index (χ0) is 12.5. The highest BCUT2D eigenvalue weighted by Gasteiger charge is 2.38. The van der Waals surface area contributed by atoms with Crippen LogP contribution in [0.25, 0.3) is 0 Å². The molecular formula is C11H14F3NO. The average Bonchev–Trinajstić information content (AvgIpc) is 2.18. The molecule has 0 saturated heterocycles. The summed E-state index contributed by atoms with van der Waals surface area (Å²) in [6.45, 7) is 3.27. The lowest BCUT2D eigenvalue weighted by atomic mass is 9.98. The summed E-state index contributed by atoms with van der Waals surface area (Å²) in [5, 5.41) is 0. The van der Waals surface area contributed by atoms with Crippen LogP contribution in [0.2, 0.25) is 0 Å². The summed E-state index contributed by atoms with van der Waals surface area (Å²) in [6, 6.07) is 1.04. The van der Waals surface area contributed by atoms with Gasteiger partial charge >= 0.3 is 6.18 Å². The highest BCUT2D eigenvalue weighted by atomic mass is 19.4. The molecule has 0 radical (unpaired) electrons. The number of alkyl halides is 3. The fourth-order valence-corrected chi connectivity index (χ4v) is 1.54. The zero-order valence-corrected chi connectivity index (χ0v) is 9.35. The molecule has 1 aromatic rings. The predicted molar refractivity (Wildman–Crippen MR) is 55.5 cm³/mol. The largest absolute Gasteiger partial charge is 0.496 e. The van der Waals surface area contributed by atoms with Crippen LogP contribution in [0, 0.1) is 13.8 Å². The Morgan fingerprint density at radius 2 is 1.75 bits per heavy atom. The van der Waals surface area contributed by atoms with Gasteiger partial charge < -0.3 is 10.5 Å². The molecule has 2 N–H and O–H groups in total. The van der Waals surface area contributed by atoms with Gasteiger partial charge in [0.05, 0.1) is 7.11 Å². The van der Waals surface area contributed by atoms with Crippen molar-refractivity contribution in [2.24, 2.45) is 5.73 Å². The van der Waals surface area contributed by atoms with Crippen LogP contribution in [0.4, 0.5) is 13.2 Å². The molecule has 1 atom stereocenters. The zero-order valence-electron chi connectivity index (χ0n) is 9.35. The Morgan fingerprint density at radius 3 is 2.19 bits per heavy atom. The molecule has 0 aliphatic heterocycles. The van der Waals surface area contributed by atoms with Crippen LogP contribution in [0.5, 0.6) is 5.75 Å². The van der Waals surface area contributed by atoms with E-state index in [-0.39, 0.29) is 5.56 Å². The van der Waals surface area contributed by atoms with Crippen molar-refractivity contribution in [1.29, 1.82) is 0 Å². The molecule has 0 fully saturated rings. The van der Waals surface area contributed by atoms with E-state index in [1.54, 1.807) is 19.9 Å². The molecule has 1 aromatic carbocycles. The molecule has 0 heterocycles. The number of halogens is 3. The lowest BCUT2D eigenvalue weighted by Crippen LogP contribution is -2.29. The summed E-state index contributed by atoms with van der Waals surface area (Å²) in [6.07, 6.45) is -4.42. The number of benzene rings is 1. The van der Waals surface area contributed by atoms with Gasteiger partial charge in [0.2, 0.25) is 0 Å². The number of nitrogens with two attached hydrogens (primary N) is 1. The van der Waals surface area contributed by atoms with E-state index in [1.807, 2.05) is 0 Å². The molecule has 1 rings (SSSR count). The SMILES string of the molecule is COc1cc(C)c([C@H](N)C(F)(F)F)cc1C. The second-order valence-corrected chi connectivity index (χ2v) is 3.70. The standard InChI is InChI=1S/C11H14F3NO/c1-6-5-9(16-3)7(2)4-8(6)10(15)11(12,13)14/h4-5,10H,15H2,1-3H3/t10-/m0/s1. The van der Waals surface area contributed by atoms with Crippen molar-refractivity contribution < 1.29 is 17.9 Å². The molecule has 0 aliphatic rings. The normalized spacial score (nSPS) is 13.7. The van der Waals surface area contributed by atoms with Gasteiger partial charge in [0.25, 0.3) is 0 Å². The van der Waals surface area contributed by atoms with Gasteiger partial charge in [0.1, 0.15) is 11.8 Å². The van der Waals surface area contributed by atoms with Gasteiger partial charge in [0, 0.05) is 0 Å². The quantitative estimate of drug-likeness (QED) is 0.852. The smallest absolute Gasteiger partial charge is 0.407 e. The van der Waals surface area contributed by atoms with Crippen LogP contribution in [0.15, 0.2) is 12.1 Å². The van der Waals surface area contributed by atoms with Gasteiger partial charge in [0.15, 0.2) is 0 Å². The lowest BCUT2D eigenvalue weighted by molar-refractivity contribution is -0.149. The van der Waals surface area contributed by atoms with Crippen molar-refractivity contribution in [2.75, 3.05) is 7.11 Å². The number of hydrogen-bond donors (Lipinski definition) is 1. The molecular weight excluding hydrogens is 219 g/mol. The number of ether oxygens (including phenoxy) is 1. The monoisotopic (exact) mass is 233 g/mol. The molecule has 5 heteroatoms. The molecule has 0 amide bonds. The number of aryl methyl sites for hydroxylation is 2.